The maximum absolute atomic E-state index is 13.5. The van der Waals surface area contributed by atoms with Crippen LogP contribution in [0.2, 0.25) is 5.02 Å². The minimum absolute atomic E-state index is 0.0327. The number of carbonyl (C=O) groups excluding carboxylic acids is 2. The Morgan fingerprint density at radius 1 is 1.14 bits per heavy atom. The van der Waals surface area contributed by atoms with Crippen LogP contribution in [-0.2, 0) is 11.3 Å². The van der Waals surface area contributed by atoms with E-state index in [2.05, 4.69) is 5.32 Å². The highest BCUT2D eigenvalue weighted by Crippen LogP contribution is 2.19. The Hall–Kier alpha value is -2.44. The quantitative estimate of drug-likeness (QED) is 0.785. The first kappa shape index (κ1) is 21.3. The molecule has 5 nitrogen and oxygen atoms in total. The first-order valence-electron chi connectivity index (χ1n) is 9.72. The number of aryl methyl sites for hydroxylation is 1. The molecule has 0 saturated carbocycles. The Kier molecular flexibility index (Phi) is 7.23. The van der Waals surface area contributed by atoms with Crippen LogP contribution in [0.3, 0.4) is 0 Å². The molecule has 1 heterocycles. The van der Waals surface area contributed by atoms with E-state index in [0.717, 1.165) is 24.2 Å². The van der Waals surface area contributed by atoms with E-state index in [0.29, 0.717) is 25.2 Å². The largest absolute Gasteiger partial charge is 0.340 e. The summed E-state index contributed by atoms with van der Waals surface area (Å²) in [4.78, 5) is 29.1. The molecular formula is C22H25ClFN3O2. The van der Waals surface area contributed by atoms with Gasteiger partial charge < -0.3 is 15.1 Å². The summed E-state index contributed by atoms with van der Waals surface area (Å²) in [6, 6.07) is 11.8. The second kappa shape index (κ2) is 9.85. The molecule has 1 fully saturated rings. The van der Waals surface area contributed by atoms with Gasteiger partial charge in [0, 0.05) is 51.3 Å². The van der Waals surface area contributed by atoms with Gasteiger partial charge in [-0.3, -0.25) is 9.59 Å². The van der Waals surface area contributed by atoms with E-state index < -0.39 is 5.82 Å². The van der Waals surface area contributed by atoms with Crippen LogP contribution in [0.25, 0.3) is 0 Å². The van der Waals surface area contributed by atoms with Crippen LogP contribution in [0.15, 0.2) is 42.5 Å². The normalized spacial score (nSPS) is 14.0. The number of halogens is 2. The number of carbonyl (C=O) groups is 2. The van der Waals surface area contributed by atoms with Gasteiger partial charge in [-0.15, -0.1) is 0 Å². The third-order valence-electron chi connectivity index (χ3n) is 5.01. The van der Waals surface area contributed by atoms with E-state index in [4.69, 9.17) is 11.6 Å². The van der Waals surface area contributed by atoms with E-state index in [1.165, 1.54) is 18.2 Å². The van der Waals surface area contributed by atoms with Crippen molar-refractivity contribution < 1.29 is 14.0 Å². The molecule has 1 aliphatic heterocycles. The summed E-state index contributed by atoms with van der Waals surface area (Å²) in [5.74, 6) is -0.812. The van der Waals surface area contributed by atoms with Crippen molar-refractivity contribution in [2.45, 2.75) is 19.9 Å². The van der Waals surface area contributed by atoms with E-state index >= 15 is 0 Å². The van der Waals surface area contributed by atoms with Gasteiger partial charge in [0.2, 0.25) is 5.91 Å². The summed E-state index contributed by atoms with van der Waals surface area (Å²) in [6.45, 7) is 5.57. The lowest BCUT2D eigenvalue weighted by Gasteiger charge is -2.29. The Bertz CT molecular complexity index is 867. The fourth-order valence-corrected chi connectivity index (χ4v) is 3.46. The Morgan fingerprint density at radius 3 is 2.48 bits per heavy atom. The molecule has 3 rings (SSSR count). The Balaban J connectivity index is 1.74. The highest BCUT2D eigenvalue weighted by atomic mass is 35.5. The maximum atomic E-state index is 13.5. The summed E-state index contributed by atoms with van der Waals surface area (Å²) in [6.07, 6.45) is 0.243. The fraction of sp³-hybridized carbons (Fsp3) is 0.364. The highest BCUT2D eigenvalue weighted by Gasteiger charge is 2.21. The number of amides is 2. The molecule has 0 radical (unpaired) electrons. The first-order chi connectivity index (χ1) is 13.9. The number of hydrogen-bond acceptors (Lipinski definition) is 3. The second-order valence-corrected chi connectivity index (χ2v) is 7.63. The van der Waals surface area contributed by atoms with Crippen LogP contribution >= 0.6 is 11.6 Å². The van der Waals surface area contributed by atoms with Gasteiger partial charge in [0.15, 0.2) is 0 Å². The molecule has 29 heavy (non-hydrogen) atoms. The van der Waals surface area contributed by atoms with Crippen molar-refractivity contribution in [1.82, 2.24) is 15.1 Å². The molecule has 0 unspecified atom stereocenters. The fourth-order valence-electron chi connectivity index (χ4n) is 3.28. The number of nitrogens with one attached hydrogen (secondary N) is 1. The molecule has 2 aromatic rings. The van der Waals surface area contributed by atoms with Crippen LogP contribution in [0.4, 0.5) is 4.39 Å². The van der Waals surface area contributed by atoms with Gasteiger partial charge in [0.1, 0.15) is 5.82 Å². The van der Waals surface area contributed by atoms with E-state index in [9.17, 15) is 14.0 Å². The number of nitrogens with zero attached hydrogens (tertiary/aromatic N) is 2. The molecule has 2 aromatic carbocycles. The minimum Gasteiger partial charge on any atom is -0.340 e. The molecule has 1 aliphatic rings. The zero-order valence-electron chi connectivity index (χ0n) is 16.5. The number of piperazine rings is 1. The van der Waals surface area contributed by atoms with Gasteiger partial charge in [-0.2, -0.15) is 0 Å². The lowest BCUT2D eigenvalue weighted by molar-refractivity contribution is -0.132. The minimum atomic E-state index is -0.567. The molecule has 2 amide bonds. The number of rotatable bonds is 6. The molecule has 0 aliphatic carbocycles. The average molecular weight is 418 g/mol. The van der Waals surface area contributed by atoms with E-state index in [-0.39, 0.29) is 29.8 Å². The monoisotopic (exact) mass is 417 g/mol. The van der Waals surface area contributed by atoms with Crippen LogP contribution in [0, 0.1) is 12.7 Å². The van der Waals surface area contributed by atoms with Gasteiger partial charge in [-0.05, 0) is 30.7 Å². The lowest BCUT2D eigenvalue weighted by atomic mass is 10.1. The van der Waals surface area contributed by atoms with Crippen molar-refractivity contribution in [3.63, 3.8) is 0 Å². The molecule has 0 atom stereocenters. The summed E-state index contributed by atoms with van der Waals surface area (Å²) in [7, 11) is 0. The molecule has 0 spiro atoms. The zero-order chi connectivity index (χ0) is 20.8. The average Bonchev–Trinajstić information content (AvgIpc) is 2.74. The topological polar surface area (TPSA) is 52.7 Å². The van der Waals surface area contributed by atoms with Gasteiger partial charge >= 0.3 is 0 Å². The summed E-state index contributed by atoms with van der Waals surface area (Å²) in [5.41, 5.74) is 2.40. The third kappa shape index (κ3) is 5.78. The van der Waals surface area contributed by atoms with E-state index in [1.807, 2.05) is 36.1 Å². The number of benzene rings is 2. The molecule has 1 saturated heterocycles. The number of hydrogen-bond donors (Lipinski definition) is 1. The highest BCUT2D eigenvalue weighted by molar-refractivity contribution is 6.31. The van der Waals surface area contributed by atoms with Crippen LogP contribution in [0.1, 0.15) is 27.9 Å². The Labute approximate surface area is 175 Å². The molecule has 154 valence electrons. The SMILES string of the molecule is Cc1ccc(CN(CCC(=O)N2CCNCC2)C(=O)c2ccc(F)c(Cl)c2)cc1. The predicted octanol–water partition coefficient (Wildman–Crippen LogP) is 3.25. The van der Waals surface area contributed by atoms with Crippen molar-refractivity contribution >= 4 is 23.4 Å². The van der Waals surface area contributed by atoms with Gasteiger partial charge in [-0.1, -0.05) is 41.4 Å². The van der Waals surface area contributed by atoms with Crippen molar-refractivity contribution in [1.29, 1.82) is 0 Å². The molecule has 0 aromatic heterocycles. The van der Waals surface area contributed by atoms with Crippen LogP contribution < -0.4 is 5.32 Å². The molecule has 0 bridgehead atoms. The molecule has 1 N–H and O–H groups in total. The third-order valence-corrected chi connectivity index (χ3v) is 5.30. The lowest BCUT2D eigenvalue weighted by Crippen LogP contribution is -2.47. The first-order valence-corrected chi connectivity index (χ1v) is 10.1. The van der Waals surface area contributed by atoms with Crippen molar-refractivity contribution in [2.24, 2.45) is 0 Å². The molecular weight excluding hydrogens is 393 g/mol. The Morgan fingerprint density at radius 2 is 1.83 bits per heavy atom. The van der Waals surface area contributed by atoms with Crippen LogP contribution in [0.5, 0.6) is 0 Å². The van der Waals surface area contributed by atoms with Crippen molar-refractivity contribution in [3.05, 3.63) is 70.0 Å². The smallest absolute Gasteiger partial charge is 0.254 e. The molecule has 7 heteroatoms. The van der Waals surface area contributed by atoms with Gasteiger partial charge in [0.25, 0.3) is 5.91 Å². The predicted molar refractivity (Wildman–Crippen MR) is 111 cm³/mol. The standard InChI is InChI=1S/C22H25ClFN3O2/c1-16-2-4-17(5-3-16)15-27(11-8-21(28)26-12-9-25-10-13-26)22(29)18-6-7-20(24)19(23)14-18/h2-7,14,25H,8-13,15H2,1H3. The van der Waals surface area contributed by atoms with Gasteiger partial charge in [-0.25, -0.2) is 4.39 Å². The van der Waals surface area contributed by atoms with Crippen molar-refractivity contribution in [2.75, 3.05) is 32.7 Å². The summed E-state index contributed by atoms with van der Waals surface area (Å²) >= 11 is 5.86. The summed E-state index contributed by atoms with van der Waals surface area (Å²) in [5, 5.41) is 3.13. The summed E-state index contributed by atoms with van der Waals surface area (Å²) < 4.78 is 13.5. The van der Waals surface area contributed by atoms with E-state index in [1.54, 1.807) is 4.90 Å². The van der Waals surface area contributed by atoms with Crippen molar-refractivity contribution in [3.8, 4) is 0 Å². The second-order valence-electron chi connectivity index (χ2n) is 7.22. The van der Waals surface area contributed by atoms with Gasteiger partial charge in [0.05, 0.1) is 5.02 Å². The zero-order valence-corrected chi connectivity index (χ0v) is 17.2. The maximum Gasteiger partial charge on any atom is 0.254 e. The van der Waals surface area contributed by atoms with Crippen LogP contribution in [-0.4, -0.2) is 54.3 Å².